The monoisotopic (exact) mass is 365 g/mol. The smallest absolute Gasteiger partial charge is 0.156 e. The zero-order valence-corrected chi connectivity index (χ0v) is 13.8. The number of fused-ring (bicyclic) bond motifs is 1. The molecule has 1 aromatic carbocycles. The number of hydrogen-bond acceptors (Lipinski definition) is 4. The van der Waals surface area contributed by atoms with Crippen LogP contribution in [0, 0.1) is 0 Å². The van der Waals surface area contributed by atoms with Gasteiger partial charge in [0.2, 0.25) is 0 Å². The third kappa shape index (κ3) is 2.47. The van der Waals surface area contributed by atoms with Gasteiger partial charge in [-0.25, -0.2) is 4.98 Å². The Morgan fingerprint density at radius 1 is 1.38 bits per heavy atom. The first-order chi connectivity index (χ1) is 10.1. The molecule has 0 amide bonds. The van der Waals surface area contributed by atoms with Crippen molar-refractivity contribution in [3.8, 4) is 17.0 Å². The van der Waals surface area contributed by atoms with Crippen molar-refractivity contribution in [2.45, 2.75) is 4.90 Å². The predicted molar refractivity (Wildman–Crippen MR) is 85.0 cm³/mol. The molecule has 2 heterocycles. The molecule has 0 saturated heterocycles. The van der Waals surface area contributed by atoms with Crippen LogP contribution in [0.5, 0.6) is 5.75 Å². The van der Waals surface area contributed by atoms with Gasteiger partial charge in [-0.2, -0.15) is 0 Å². The van der Waals surface area contributed by atoms with E-state index in [0.29, 0.717) is 5.75 Å². The third-order valence-electron chi connectivity index (χ3n) is 3.13. The van der Waals surface area contributed by atoms with E-state index in [1.54, 1.807) is 31.8 Å². The normalized spacial score (nSPS) is 12.5. The molecule has 7 heteroatoms. The molecule has 108 valence electrons. The van der Waals surface area contributed by atoms with E-state index in [0.717, 1.165) is 26.4 Å². The highest BCUT2D eigenvalue weighted by molar-refractivity contribution is 9.10. The summed E-state index contributed by atoms with van der Waals surface area (Å²) < 4.78 is 19.7. The molecule has 0 aliphatic carbocycles. The Balaban J connectivity index is 2.22. The second kappa shape index (κ2) is 5.57. The summed E-state index contributed by atoms with van der Waals surface area (Å²) in [6, 6.07) is 5.47. The molecule has 1 unspecified atom stereocenters. The van der Waals surface area contributed by atoms with Gasteiger partial charge >= 0.3 is 0 Å². The van der Waals surface area contributed by atoms with Crippen LogP contribution >= 0.6 is 15.9 Å². The first-order valence-corrected chi connectivity index (χ1v) is 8.46. The maximum absolute atomic E-state index is 11.6. The van der Waals surface area contributed by atoms with Gasteiger partial charge in [0, 0.05) is 39.9 Å². The molecule has 3 aromatic rings. The highest BCUT2D eigenvalue weighted by atomic mass is 79.9. The van der Waals surface area contributed by atoms with E-state index in [2.05, 4.69) is 25.9 Å². The minimum atomic E-state index is -1.05. The minimum Gasteiger partial charge on any atom is -0.496 e. The fourth-order valence-corrected chi connectivity index (χ4v) is 3.23. The lowest BCUT2D eigenvalue weighted by molar-refractivity contribution is 0.415. The van der Waals surface area contributed by atoms with Gasteiger partial charge in [-0.3, -0.25) is 13.6 Å². The molecule has 3 rings (SSSR count). The maximum atomic E-state index is 11.6. The van der Waals surface area contributed by atoms with Crippen molar-refractivity contribution in [3.63, 3.8) is 0 Å². The van der Waals surface area contributed by atoms with Gasteiger partial charge in [0.25, 0.3) is 0 Å². The number of methoxy groups -OCH3 is 1. The Hall–Kier alpha value is -1.73. The zero-order valence-electron chi connectivity index (χ0n) is 11.4. The van der Waals surface area contributed by atoms with E-state index in [9.17, 15) is 4.21 Å². The first-order valence-electron chi connectivity index (χ1n) is 6.11. The summed E-state index contributed by atoms with van der Waals surface area (Å²) in [6.07, 6.45) is 6.86. The van der Waals surface area contributed by atoms with E-state index in [1.165, 1.54) is 0 Å². The number of aromatic nitrogens is 3. The second-order valence-electron chi connectivity index (χ2n) is 4.37. The highest BCUT2D eigenvalue weighted by Crippen LogP contribution is 2.35. The van der Waals surface area contributed by atoms with E-state index in [4.69, 9.17) is 4.74 Å². The molecular formula is C14H12BrN3O2S. The Kier molecular flexibility index (Phi) is 3.77. The summed E-state index contributed by atoms with van der Waals surface area (Å²) >= 11 is 3.56. The van der Waals surface area contributed by atoms with Crippen LogP contribution in [0.25, 0.3) is 16.9 Å². The van der Waals surface area contributed by atoms with Crippen molar-refractivity contribution >= 4 is 32.4 Å². The van der Waals surface area contributed by atoms with Gasteiger partial charge in [-0.05, 0) is 34.1 Å². The molecular weight excluding hydrogens is 354 g/mol. The summed E-state index contributed by atoms with van der Waals surface area (Å²) in [5, 5.41) is 0. The average molecular weight is 366 g/mol. The SMILES string of the molecule is COc1cc(S(C)=O)ccc1-c1nc2cnccn2c1Br. The first kappa shape index (κ1) is 14.2. The van der Waals surface area contributed by atoms with E-state index >= 15 is 0 Å². The standard InChI is InChI=1S/C14H12BrN3O2S/c1-20-11-7-9(21(2)19)3-4-10(11)13-14(15)18-6-5-16-8-12(18)17-13/h3-8H,1-2H3. The average Bonchev–Trinajstić information content (AvgIpc) is 2.84. The van der Waals surface area contributed by atoms with E-state index in [-0.39, 0.29) is 0 Å². The summed E-state index contributed by atoms with van der Waals surface area (Å²) in [7, 11) is 0.537. The molecule has 1 atom stereocenters. The number of rotatable bonds is 3. The zero-order chi connectivity index (χ0) is 15.0. The van der Waals surface area contributed by atoms with E-state index in [1.807, 2.05) is 22.7 Å². The van der Waals surface area contributed by atoms with Gasteiger partial charge < -0.3 is 4.74 Å². The number of imidazole rings is 1. The van der Waals surface area contributed by atoms with E-state index < -0.39 is 10.8 Å². The highest BCUT2D eigenvalue weighted by Gasteiger charge is 2.16. The van der Waals surface area contributed by atoms with Crippen molar-refractivity contribution in [2.75, 3.05) is 13.4 Å². The van der Waals surface area contributed by atoms with Crippen LogP contribution in [-0.4, -0.2) is 31.9 Å². The number of hydrogen-bond donors (Lipinski definition) is 0. The van der Waals surface area contributed by atoms with Crippen LogP contribution in [0.4, 0.5) is 0 Å². The van der Waals surface area contributed by atoms with Crippen molar-refractivity contribution in [2.24, 2.45) is 0 Å². The van der Waals surface area contributed by atoms with Gasteiger partial charge in [0.05, 0.1) is 13.3 Å². The lowest BCUT2D eigenvalue weighted by Crippen LogP contribution is -1.93. The van der Waals surface area contributed by atoms with Crippen LogP contribution in [0.2, 0.25) is 0 Å². The van der Waals surface area contributed by atoms with Crippen LogP contribution in [-0.2, 0) is 10.8 Å². The van der Waals surface area contributed by atoms with Crippen LogP contribution in [0.3, 0.4) is 0 Å². The topological polar surface area (TPSA) is 56.5 Å². The fourth-order valence-electron chi connectivity index (χ4n) is 2.09. The molecule has 0 aliphatic heterocycles. The fraction of sp³-hybridized carbons (Fsp3) is 0.143. The van der Waals surface area contributed by atoms with Gasteiger partial charge in [-0.1, -0.05) is 0 Å². The minimum absolute atomic E-state index is 0.639. The van der Waals surface area contributed by atoms with Crippen LogP contribution < -0.4 is 4.74 Å². The summed E-state index contributed by atoms with van der Waals surface area (Å²) in [6.45, 7) is 0. The molecule has 0 bridgehead atoms. The largest absolute Gasteiger partial charge is 0.496 e. The molecule has 0 spiro atoms. The molecule has 0 aliphatic rings. The molecule has 0 fully saturated rings. The Labute approximate surface area is 132 Å². The maximum Gasteiger partial charge on any atom is 0.156 e. The molecule has 21 heavy (non-hydrogen) atoms. The quantitative estimate of drug-likeness (QED) is 0.715. The molecule has 0 saturated carbocycles. The second-order valence-corrected chi connectivity index (χ2v) is 6.50. The van der Waals surface area contributed by atoms with Crippen LogP contribution in [0.1, 0.15) is 0 Å². The van der Waals surface area contributed by atoms with Gasteiger partial charge in [-0.15, -0.1) is 0 Å². The Bertz CT molecular complexity index is 847. The van der Waals surface area contributed by atoms with Crippen molar-refractivity contribution < 1.29 is 8.95 Å². The third-order valence-corrected chi connectivity index (χ3v) is 4.81. The molecule has 0 radical (unpaired) electrons. The van der Waals surface area contributed by atoms with Crippen molar-refractivity contribution in [1.82, 2.24) is 14.4 Å². The number of ether oxygens (including phenoxy) is 1. The Morgan fingerprint density at radius 2 is 2.19 bits per heavy atom. The lowest BCUT2D eigenvalue weighted by Gasteiger charge is -2.08. The summed E-state index contributed by atoms with van der Waals surface area (Å²) in [4.78, 5) is 9.35. The van der Waals surface area contributed by atoms with Gasteiger partial charge in [0.15, 0.2) is 5.65 Å². The number of nitrogens with zero attached hydrogens (tertiary/aromatic N) is 3. The predicted octanol–water partition coefficient (Wildman–Crippen LogP) is 2.90. The summed E-state index contributed by atoms with van der Waals surface area (Å²) in [5.41, 5.74) is 2.33. The van der Waals surface area contributed by atoms with Crippen molar-refractivity contribution in [1.29, 1.82) is 0 Å². The summed E-state index contributed by atoms with van der Waals surface area (Å²) in [5.74, 6) is 0.639. The molecule has 2 aromatic heterocycles. The van der Waals surface area contributed by atoms with Crippen LogP contribution in [0.15, 0.2) is 46.3 Å². The lowest BCUT2D eigenvalue weighted by atomic mass is 10.1. The molecule has 0 N–H and O–H groups in total. The van der Waals surface area contributed by atoms with Gasteiger partial charge in [0.1, 0.15) is 16.0 Å². The van der Waals surface area contributed by atoms with Crippen molar-refractivity contribution in [3.05, 3.63) is 41.4 Å². The number of halogens is 1. The molecule has 5 nitrogen and oxygen atoms in total. The Morgan fingerprint density at radius 3 is 2.86 bits per heavy atom. The number of benzene rings is 1.